The molecule has 0 amide bonds. The van der Waals surface area contributed by atoms with E-state index in [0.717, 1.165) is 19.1 Å². The first kappa shape index (κ1) is 12.0. The predicted octanol–water partition coefficient (Wildman–Crippen LogP) is 2.57. The zero-order chi connectivity index (χ0) is 10.4. The van der Waals surface area contributed by atoms with Gasteiger partial charge in [0.1, 0.15) is 0 Å². The molecule has 0 spiro atoms. The minimum Gasteiger partial charge on any atom is -0.378 e. The quantitative estimate of drug-likeness (QED) is 0.738. The van der Waals surface area contributed by atoms with E-state index in [1.165, 1.54) is 32.1 Å². The van der Waals surface area contributed by atoms with Crippen molar-refractivity contribution >= 4 is 0 Å². The Morgan fingerprint density at radius 1 is 1.21 bits per heavy atom. The van der Waals surface area contributed by atoms with Crippen LogP contribution in [0.3, 0.4) is 0 Å². The van der Waals surface area contributed by atoms with Crippen LogP contribution in [0.15, 0.2) is 0 Å². The minimum atomic E-state index is 0.534. The average molecular weight is 199 g/mol. The highest BCUT2D eigenvalue weighted by molar-refractivity contribution is 4.73. The predicted molar refractivity (Wildman–Crippen MR) is 60.2 cm³/mol. The molecule has 2 nitrogen and oxygen atoms in total. The van der Waals surface area contributed by atoms with Crippen LogP contribution in [-0.4, -0.2) is 19.3 Å². The summed E-state index contributed by atoms with van der Waals surface area (Å²) in [7, 11) is 0. The van der Waals surface area contributed by atoms with Gasteiger partial charge in [-0.25, -0.2) is 0 Å². The zero-order valence-electron chi connectivity index (χ0n) is 9.67. The smallest absolute Gasteiger partial charge is 0.0575 e. The van der Waals surface area contributed by atoms with E-state index in [4.69, 9.17) is 10.5 Å². The molecule has 1 aliphatic carbocycles. The van der Waals surface area contributed by atoms with Crippen LogP contribution in [-0.2, 0) is 4.74 Å². The Bertz CT molecular complexity index is 139. The molecule has 0 aromatic heterocycles. The first-order valence-electron chi connectivity index (χ1n) is 6.04. The summed E-state index contributed by atoms with van der Waals surface area (Å²) < 4.78 is 5.84. The van der Waals surface area contributed by atoms with Gasteiger partial charge in [-0.05, 0) is 50.5 Å². The summed E-state index contributed by atoms with van der Waals surface area (Å²) in [5.74, 6) is 1.54. The number of hydrogen-bond acceptors (Lipinski definition) is 2. The second-order valence-electron chi connectivity index (χ2n) is 4.95. The van der Waals surface area contributed by atoms with Gasteiger partial charge in [0.25, 0.3) is 0 Å². The van der Waals surface area contributed by atoms with Crippen molar-refractivity contribution in [3.8, 4) is 0 Å². The van der Waals surface area contributed by atoms with Crippen molar-refractivity contribution in [2.45, 2.75) is 52.1 Å². The van der Waals surface area contributed by atoms with Gasteiger partial charge in [0, 0.05) is 6.61 Å². The van der Waals surface area contributed by atoms with Crippen LogP contribution in [0.4, 0.5) is 0 Å². The van der Waals surface area contributed by atoms with Crippen molar-refractivity contribution < 1.29 is 4.74 Å². The number of rotatable bonds is 5. The summed E-state index contributed by atoms with van der Waals surface area (Å²) in [4.78, 5) is 0. The Labute approximate surface area is 88.2 Å². The van der Waals surface area contributed by atoms with Gasteiger partial charge in [0.2, 0.25) is 0 Å². The highest BCUT2D eigenvalue weighted by atomic mass is 16.5. The third-order valence-electron chi connectivity index (χ3n) is 3.03. The molecule has 0 bridgehead atoms. The summed E-state index contributed by atoms with van der Waals surface area (Å²) in [6.45, 7) is 6.19. The third-order valence-corrected chi connectivity index (χ3v) is 3.03. The van der Waals surface area contributed by atoms with E-state index in [0.29, 0.717) is 12.0 Å². The maximum absolute atomic E-state index is 5.84. The van der Waals surface area contributed by atoms with Crippen LogP contribution in [0, 0.1) is 11.8 Å². The first-order chi connectivity index (χ1) is 6.72. The van der Waals surface area contributed by atoms with Crippen molar-refractivity contribution in [1.29, 1.82) is 0 Å². The molecule has 14 heavy (non-hydrogen) atoms. The van der Waals surface area contributed by atoms with Crippen LogP contribution in [0.2, 0.25) is 0 Å². The number of ether oxygens (including phenoxy) is 1. The molecule has 0 atom stereocenters. The maximum atomic E-state index is 5.84. The Kier molecular flexibility index (Phi) is 5.49. The van der Waals surface area contributed by atoms with E-state index in [9.17, 15) is 0 Å². The van der Waals surface area contributed by atoms with E-state index in [-0.39, 0.29) is 0 Å². The van der Waals surface area contributed by atoms with Gasteiger partial charge in [0.05, 0.1) is 6.10 Å². The van der Waals surface area contributed by atoms with Crippen molar-refractivity contribution in [1.82, 2.24) is 0 Å². The summed E-state index contributed by atoms with van der Waals surface area (Å²) in [6, 6.07) is 0. The Morgan fingerprint density at radius 2 is 1.86 bits per heavy atom. The summed E-state index contributed by atoms with van der Waals surface area (Å²) in [5, 5.41) is 0. The third kappa shape index (κ3) is 4.43. The highest BCUT2D eigenvalue weighted by Crippen LogP contribution is 2.28. The molecular weight excluding hydrogens is 174 g/mol. The summed E-state index contributed by atoms with van der Waals surface area (Å²) in [6.07, 6.45) is 6.87. The lowest BCUT2D eigenvalue weighted by atomic mass is 9.85. The van der Waals surface area contributed by atoms with Gasteiger partial charge in [-0.2, -0.15) is 0 Å². The lowest BCUT2D eigenvalue weighted by Crippen LogP contribution is -2.24. The Balaban J connectivity index is 2.09. The molecule has 0 heterocycles. The fourth-order valence-electron chi connectivity index (χ4n) is 2.15. The topological polar surface area (TPSA) is 35.2 Å². The molecule has 1 saturated carbocycles. The lowest BCUT2D eigenvalue weighted by Gasteiger charge is -2.28. The van der Waals surface area contributed by atoms with Gasteiger partial charge >= 0.3 is 0 Å². The number of hydrogen-bond donors (Lipinski definition) is 1. The van der Waals surface area contributed by atoms with Crippen molar-refractivity contribution in [2.24, 2.45) is 17.6 Å². The van der Waals surface area contributed by atoms with Gasteiger partial charge < -0.3 is 10.5 Å². The van der Waals surface area contributed by atoms with Gasteiger partial charge in [-0.15, -0.1) is 0 Å². The molecule has 2 heteroatoms. The van der Waals surface area contributed by atoms with Crippen LogP contribution in [0.25, 0.3) is 0 Å². The molecule has 0 unspecified atom stereocenters. The molecular formula is C12H25NO. The fraction of sp³-hybridized carbons (Fsp3) is 1.00. The summed E-state index contributed by atoms with van der Waals surface area (Å²) in [5.41, 5.74) is 5.56. The standard InChI is InChI=1S/C12H25NO/c1-10(2)9-14-12-5-3-11(4-6-12)7-8-13/h10-12H,3-9,13H2,1-2H3. The Hall–Kier alpha value is -0.0800. The number of nitrogens with two attached hydrogens (primary N) is 1. The van der Waals surface area contributed by atoms with Gasteiger partial charge in [0.15, 0.2) is 0 Å². The minimum absolute atomic E-state index is 0.534. The SMILES string of the molecule is CC(C)COC1CCC(CCN)CC1. The second-order valence-corrected chi connectivity index (χ2v) is 4.95. The first-order valence-corrected chi connectivity index (χ1v) is 6.04. The fourth-order valence-corrected chi connectivity index (χ4v) is 2.15. The van der Waals surface area contributed by atoms with E-state index < -0.39 is 0 Å². The van der Waals surface area contributed by atoms with Crippen LogP contribution in [0.5, 0.6) is 0 Å². The van der Waals surface area contributed by atoms with E-state index in [1.807, 2.05) is 0 Å². The molecule has 0 aliphatic heterocycles. The average Bonchev–Trinajstić information content (AvgIpc) is 2.17. The lowest BCUT2D eigenvalue weighted by molar-refractivity contribution is 0.00408. The van der Waals surface area contributed by atoms with E-state index in [2.05, 4.69) is 13.8 Å². The largest absolute Gasteiger partial charge is 0.378 e. The molecule has 0 aromatic carbocycles. The molecule has 0 radical (unpaired) electrons. The van der Waals surface area contributed by atoms with Crippen LogP contribution in [0.1, 0.15) is 46.0 Å². The van der Waals surface area contributed by atoms with Crippen LogP contribution < -0.4 is 5.73 Å². The van der Waals surface area contributed by atoms with Crippen molar-refractivity contribution in [3.05, 3.63) is 0 Å². The monoisotopic (exact) mass is 199 g/mol. The van der Waals surface area contributed by atoms with Crippen molar-refractivity contribution in [2.75, 3.05) is 13.2 Å². The normalized spacial score (nSPS) is 28.3. The summed E-state index contributed by atoms with van der Waals surface area (Å²) >= 11 is 0. The molecule has 1 aliphatic rings. The highest BCUT2D eigenvalue weighted by Gasteiger charge is 2.20. The molecule has 0 saturated heterocycles. The molecule has 2 N–H and O–H groups in total. The van der Waals surface area contributed by atoms with E-state index in [1.54, 1.807) is 0 Å². The van der Waals surface area contributed by atoms with Gasteiger partial charge in [-0.3, -0.25) is 0 Å². The molecule has 1 rings (SSSR count). The molecule has 84 valence electrons. The van der Waals surface area contributed by atoms with Gasteiger partial charge in [-0.1, -0.05) is 13.8 Å². The maximum Gasteiger partial charge on any atom is 0.0575 e. The zero-order valence-corrected chi connectivity index (χ0v) is 9.67. The Morgan fingerprint density at radius 3 is 2.36 bits per heavy atom. The second kappa shape index (κ2) is 6.41. The van der Waals surface area contributed by atoms with Crippen molar-refractivity contribution in [3.63, 3.8) is 0 Å². The molecule has 1 fully saturated rings. The molecule has 0 aromatic rings. The van der Waals surface area contributed by atoms with Crippen LogP contribution >= 0.6 is 0 Å². The van der Waals surface area contributed by atoms with E-state index >= 15 is 0 Å².